The zero-order valence-electron chi connectivity index (χ0n) is 14.0. The molecule has 1 aromatic heterocycles. The summed E-state index contributed by atoms with van der Waals surface area (Å²) in [7, 11) is 0. The van der Waals surface area contributed by atoms with Crippen molar-refractivity contribution in [2.24, 2.45) is 0 Å². The molecule has 130 valence electrons. The van der Waals surface area contributed by atoms with E-state index in [2.05, 4.69) is 10.3 Å². The Balaban J connectivity index is 1.54. The highest BCUT2D eigenvalue weighted by Crippen LogP contribution is 2.15. The minimum atomic E-state index is -0.675. The SMILES string of the molecule is Cc1ccc(C(=O)N2CCC(NC(=O)c3ccnc(F)c3)CC2)cc1. The number of hydrogen-bond acceptors (Lipinski definition) is 3. The molecule has 1 saturated heterocycles. The molecule has 0 bridgehead atoms. The first kappa shape index (κ1) is 17.1. The number of carbonyl (C=O) groups is 2. The van der Waals surface area contributed by atoms with E-state index in [9.17, 15) is 14.0 Å². The van der Waals surface area contributed by atoms with Gasteiger partial charge in [-0.25, -0.2) is 4.98 Å². The van der Waals surface area contributed by atoms with Crippen molar-refractivity contribution in [3.63, 3.8) is 0 Å². The Labute approximate surface area is 145 Å². The maximum absolute atomic E-state index is 13.1. The smallest absolute Gasteiger partial charge is 0.253 e. The first-order valence-electron chi connectivity index (χ1n) is 8.31. The summed E-state index contributed by atoms with van der Waals surface area (Å²) in [5.41, 5.74) is 2.05. The molecule has 3 rings (SSSR count). The number of benzene rings is 1. The molecule has 1 fully saturated rings. The van der Waals surface area contributed by atoms with E-state index in [4.69, 9.17) is 0 Å². The van der Waals surface area contributed by atoms with Crippen LogP contribution in [0.5, 0.6) is 0 Å². The van der Waals surface area contributed by atoms with Crippen molar-refractivity contribution in [1.82, 2.24) is 15.2 Å². The van der Waals surface area contributed by atoms with Gasteiger partial charge in [0.2, 0.25) is 5.95 Å². The van der Waals surface area contributed by atoms with Crippen molar-refractivity contribution in [3.8, 4) is 0 Å². The number of nitrogens with zero attached hydrogens (tertiary/aromatic N) is 2. The molecule has 1 aliphatic heterocycles. The highest BCUT2D eigenvalue weighted by Gasteiger charge is 2.25. The molecule has 5 nitrogen and oxygen atoms in total. The van der Waals surface area contributed by atoms with Gasteiger partial charge in [-0.15, -0.1) is 0 Å². The number of hydrogen-bond donors (Lipinski definition) is 1. The third-order valence-corrected chi connectivity index (χ3v) is 4.40. The quantitative estimate of drug-likeness (QED) is 0.873. The molecule has 0 unspecified atom stereocenters. The number of piperidine rings is 1. The van der Waals surface area contributed by atoms with E-state index in [1.807, 2.05) is 31.2 Å². The van der Waals surface area contributed by atoms with Crippen molar-refractivity contribution >= 4 is 11.8 Å². The number of nitrogens with one attached hydrogen (secondary N) is 1. The van der Waals surface area contributed by atoms with Crippen LogP contribution in [0.3, 0.4) is 0 Å². The zero-order valence-corrected chi connectivity index (χ0v) is 14.0. The lowest BCUT2D eigenvalue weighted by atomic mass is 10.0. The Hall–Kier alpha value is -2.76. The van der Waals surface area contributed by atoms with Gasteiger partial charge in [-0.05, 0) is 38.0 Å². The highest BCUT2D eigenvalue weighted by molar-refractivity contribution is 5.95. The monoisotopic (exact) mass is 341 g/mol. The van der Waals surface area contributed by atoms with Crippen LogP contribution in [0.2, 0.25) is 0 Å². The van der Waals surface area contributed by atoms with Crippen molar-refractivity contribution in [3.05, 3.63) is 65.2 Å². The molecule has 25 heavy (non-hydrogen) atoms. The second-order valence-corrected chi connectivity index (χ2v) is 6.27. The van der Waals surface area contributed by atoms with E-state index < -0.39 is 5.95 Å². The summed E-state index contributed by atoms with van der Waals surface area (Å²) in [6.45, 7) is 3.15. The van der Waals surface area contributed by atoms with E-state index in [1.54, 1.807) is 4.90 Å². The zero-order chi connectivity index (χ0) is 17.8. The molecule has 0 spiro atoms. The van der Waals surface area contributed by atoms with Crippen LogP contribution < -0.4 is 5.32 Å². The summed E-state index contributed by atoms with van der Waals surface area (Å²) in [4.78, 5) is 29.9. The molecule has 0 aliphatic carbocycles. The van der Waals surface area contributed by atoms with Crippen molar-refractivity contribution in [1.29, 1.82) is 0 Å². The molecule has 1 N–H and O–H groups in total. The van der Waals surface area contributed by atoms with Gasteiger partial charge in [0, 0.05) is 42.5 Å². The molecule has 2 aromatic rings. The second kappa shape index (κ2) is 7.42. The Bertz CT molecular complexity index is 768. The standard InChI is InChI=1S/C19H20FN3O2/c1-13-2-4-14(5-3-13)19(25)23-10-7-16(8-11-23)22-18(24)15-6-9-21-17(20)12-15/h2-6,9,12,16H,7-8,10-11H2,1H3,(H,22,24). The molecular formula is C19H20FN3O2. The topological polar surface area (TPSA) is 62.3 Å². The van der Waals surface area contributed by atoms with E-state index in [0.717, 1.165) is 11.6 Å². The van der Waals surface area contributed by atoms with Crippen LogP contribution in [0.4, 0.5) is 4.39 Å². The van der Waals surface area contributed by atoms with E-state index in [0.29, 0.717) is 31.5 Å². The van der Waals surface area contributed by atoms with Gasteiger partial charge in [0.15, 0.2) is 0 Å². The first-order valence-corrected chi connectivity index (χ1v) is 8.31. The summed E-state index contributed by atoms with van der Waals surface area (Å²) in [5, 5.41) is 2.90. The minimum Gasteiger partial charge on any atom is -0.349 e. The number of likely N-dealkylation sites (tertiary alicyclic amines) is 1. The van der Waals surface area contributed by atoms with Gasteiger partial charge in [-0.3, -0.25) is 9.59 Å². The fourth-order valence-electron chi connectivity index (χ4n) is 2.92. The average molecular weight is 341 g/mol. The largest absolute Gasteiger partial charge is 0.349 e. The van der Waals surface area contributed by atoms with Gasteiger partial charge in [0.05, 0.1) is 0 Å². The van der Waals surface area contributed by atoms with Crippen LogP contribution in [-0.4, -0.2) is 40.8 Å². The molecule has 6 heteroatoms. The Morgan fingerprint density at radius 2 is 1.80 bits per heavy atom. The van der Waals surface area contributed by atoms with Gasteiger partial charge in [-0.1, -0.05) is 17.7 Å². The summed E-state index contributed by atoms with van der Waals surface area (Å²) >= 11 is 0. The van der Waals surface area contributed by atoms with E-state index >= 15 is 0 Å². The van der Waals surface area contributed by atoms with Crippen LogP contribution in [0, 0.1) is 12.9 Å². The summed E-state index contributed by atoms with van der Waals surface area (Å²) in [6, 6.07) is 10.1. The van der Waals surface area contributed by atoms with E-state index in [-0.39, 0.29) is 23.4 Å². The molecule has 1 aliphatic rings. The molecule has 2 amide bonds. The fourth-order valence-corrected chi connectivity index (χ4v) is 2.92. The normalized spacial score (nSPS) is 15.0. The Morgan fingerprint density at radius 1 is 1.12 bits per heavy atom. The third-order valence-electron chi connectivity index (χ3n) is 4.40. The predicted molar refractivity (Wildman–Crippen MR) is 91.8 cm³/mol. The lowest BCUT2D eigenvalue weighted by molar-refractivity contribution is 0.0698. The number of carbonyl (C=O) groups excluding carboxylic acids is 2. The van der Waals surface area contributed by atoms with Gasteiger partial charge in [0.25, 0.3) is 11.8 Å². The summed E-state index contributed by atoms with van der Waals surface area (Å²) < 4.78 is 13.1. The third kappa shape index (κ3) is 4.21. The van der Waals surface area contributed by atoms with Gasteiger partial charge in [0.1, 0.15) is 0 Å². The predicted octanol–water partition coefficient (Wildman–Crippen LogP) is 2.56. The number of halogens is 1. The number of aryl methyl sites for hydroxylation is 1. The van der Waals surface area contributed by atoms with Gasteiger partial charge >= 0.3 is 0 Å². The molecule has 2 heterocycles. The Morgan fingerprint density at radius 3 is 2.44 bits per heavy atom. The van der Waals surface area contributed by atoms with Gasteiger partial charge in [-0.2, -0.15) is 4.39 Å². The van der Waals surface area contributed by atoms with Crippen molar-refractivity contribution in [2.45, 2.75) is 25.8 Å². The van der Waals surface area contributed by atoms with Crippen LogP contribution in [0.15, 0.2) is 42.6 Å². The first-order chi connectivity index (χ1) is 12.0. The number of aromatic nitrogens is 1. The number of amides is 2. The summed E-state index contributed by atoms with van der Waals surface area (Å²) in [5.74, 6) is -0.975. The average Bonchev–Trinajstić information content (AvgIpc) is 2.62. The van der Waals surface area contributed by atoms with Crippen molar-refractivity contribution < 1.29 is 14.0 Å². The maximum atomic E-state index is 13.1. The minimum absolute atomic E-state index is 0.0148. The lowest BCUT2D eigenvalue weighted by Crippen LogP contribution is -2.46. The molecule has 0 saturated carbocycles. The Kier molecular flexibility index (Phi) is 5.07. The molecule has 1 aromatic carbocycles. The number of pyridine rings is 1. The maximum Gasteiger partial charge on any atom is 0.253 e. The number of rotatable bonds is 3. The van der Waals surface area contributed by atoms with Crippen LogP contribution in [0.25, 0.3) is 0 Å². The highest BCUT2D eigenvalue weighted by atomic mass is 19.1. The lowest BCUT2D eigenvalue weighted by Gasteiger charge is -2.32. The second-order valence-electron chi connectivity index (χ2n) is 6.27. The van der Waals surface area contributed by atoms with Crippen LogP contribution in [0.1, 0.15) is 39.1 Å². The van der Waals surface area contributed by atoms with Crippen LogP contribution in [-0.2, 0) is 0 Å². The fraction of sp³-hybridized carbons (Fsp3) is 0.316. The summed E-state index contributed by atoms with van der Waals surface area (Å²) in [6.07, 6.45) is 2.63. The van der Waals surface area contributed by atoms with Crippen molar-refractivity contribution in [2.75, 3.05) is 13.1 Å². The van der Waals surface area contributed by atoms with Gasteiger partial charge < -0.3 is 10.2 Å². The van der Waals surface area contributed by atoms with Crippen LogP contribution >= 0.6 is 0 Å². The van der Waals surface area contributed by atoms with E-state index in [1.165, 1.54) is 12.3 Å². The molecular weight excluding hydrogens is 321 g/mol. The molecule has 0 atom stereocenters. The molecule has 0 radical (unpaired) electrons.